The molecule has 118 valence electrons. The van der Waals surface area contributed by atoms with Crippen molar-refractivity contribution in [1.29, 1.82) is 0 Å². The number of carbonyl (C=O) groups excluding carboxylic acids is 1. The Morgan fingerprint density at radius 3 is 2.64 bits per heavy atom. The van der Waals surface area contributed by atoms with Gasteiger partial charge in [-0.25, -0.2) is 4.79 Å². The fourth-order valence-electron chi connectivity index (χ4n) is 2.05. The zero-order valence-corrected chi connectivity index (χ0v) is 14.1. The van der Waals surface area contributed by atoms with Gasteiger partial charge < -0.3 is 14.4 Å². The van der Waals surface area contributed by atoms with Crippen LogP contribution < -0.4 is 5.32 Å². The highest BCUT2D eigenvalue weighted by Crippen LogP contribution is 2.29. The quantitative estimate of drug-likeness (QED) is 0.862. The Balaban J connectivity index is 2.37. The fraction of sp³-hybridized carbons (Fsp3) is 0.333. The lowest BCUT2D eigenvalue weighted by Gasteiger charge is -2.19. The molecule has 0 aliphatic carbocycles. The summed E-state index contributed by atoms with van der Waals surface area (Å²) >= 11 is 3.36. The number of aromatic nitrogens is 1. The van der Waals surface area contributed by atoms with Crippen LogP contribution in [-0.2, 0) is 16.1 Å². The van der Waals surface area contributed by atoms with E-state index in [4.69, 9.17) is 9.84 Å². The number of nitrogens with zero attached hydrogens (tertiary/aromatic N) is 1. The van der Waals surface area contributed by atoms with Gasteiger partial charge in [0.25, 0.3) is 0 Å². The summed E-state index contributed by atoms with van der Waals surface area (Å²) in [5.41, 5.74) is 0.618. The molecule has 1 aromatic heterocycles. The Morgan fingerprint density at radius 2 is 2.05 bits per heavy atom. The summed E-state index contributed by atoms with van der Waals surface area (Å²) in [5, 5.41) is 12.4. The average molecular weight is 369 g/mol. The largest absolute Gasteiger partial charge is 0.480 e. The van der Waals surface area contributed by atoms with E-state index >= 15 is 0 Å². The number of halogens is 1. The third-order valence-electron chi connectivity index (χ3n) is 2.79. The molecule has 1 heterocycles. The lowest BCUT2D eigenvalue weighted by molar-refractivity contribution is -0.137. The summed E-state index contributed by atoms with van der Waals surface area (Å²) in [4.78, 5) is 22.9. The number of hydrogen-bond donors (Lipinski definition) is 2. The molecule has 1 aromatic carbocycles. The van der Waals surface area contributed by atoms with Crippen LogP contribution in [0.4, 0.5) is 10.5 Å². The first kappa shape index (κ1) is 16.4. The molecule has 0 radical (unpaired) electrons. The predicted octanol–water partition coefficient (Wildman–Crippen LogP) is 3.84. The Morgan fingerprint density at radius 1 is 1.36 bits per heavy atom. The van der Waals surface area contributed by atoms with Gasteiger partial charge in [-0.1, -0.05) is 15.9 Å². The van der Waals surface area contributed by atoms with Crippen molar-refractivity contribution in [2.45, 2.75) is 32.9 Å². The molecule has 0 saturated heterocycles. The first-order valence-corrected chi connectivity index (χ1v) is 7.45. The molecule has 2 aromatic rings. The number of aliphatic carboxylic acids is 1. The van der Waals surface area contributed by atoms with Gasteiger partial charge in [0.05, 0.1) is 11.2 Å². The minimum Gasteiger partial charge on any atom is -0.480 e. The van der Waals surface area contributed by atoms with Crippen LogP contribution >= 0.6 is 15.9 Å². The highest BCUT2D eigenvalue weighted by molar-refractivity contribution is 9.10. The van der Waals surface area contributed by atoms with Gasteiger partial charge in [0, 0.05) is 16.1 Å². The van der Waals surface area contributed by atoms with E-state index in [9.17, 15) is 9.59 Å². The fourth-order valence-corrected chi connectivity index (χ4v) is 2.40. The lowest BCUT2D eigenvalue weighted by Crippen LogP contribution is -2.27. The van der Waals surface area contributed by atoms with Gasteiger partial charge in [-0.3, -0.25) is 10.1 Å². The number of carboxylic acid groups (broad SMARTS) is 1. The van der Waals surface area contributed by atoms with Crippen LogP contribution in [0.3, 0.4) is 0 Å². The molecule has 0 atom stereocenters. The third-order valence-corrected chi connectivity index (χ3v) is 3.28. The van der Waals surface area contributed by atoms with Crippen molar-refractivity contribution in [3.63, 3.8) is 0 Å². The van der Waals surface area contributed by atoms with Crippen LogP contribution in [-0.4, -0.2) is 27.3 Å². The lowest BCUT2D eigenvalue weighted by atomic mass is 10.2. The van der Waals surface area contributed by atoms with E-state index in [0.29, 0.717) is 11.2 Å². The van der Waals surface area contributed by atoms with Gasteiger partial charge in [0.2, 0.25) is 0 Å². The maximum atomic E-state index is 11.9. The van der Waals surface area contributed by atoms with Crippen LogP contribution in [0.1, 0.15) is 20.8 Å². The normalized spacial score (nSPS) is 11.5. The van der Waals surface area contributed by atoms with E-state index in [2.05, 4.69) is 21.2 Å². The second kappa shape index (κ2) is 6.00. The number of carbonyl (C=O) groups is 2. The van der Waals surface area contributed by atoms with Crippen LogP contribution in [0.15, 0.2) is 28.9 Å². The summed E-state index contributed by atoms with van der Waals surface area (Å²) in [5.74, 6) is -0.958. The van der Waals surface area contributed by atoms with E-state index in [-0.39, 0.29) is 6.54 Å². The molecule has 1 amide bonds. The minimum absolute atomic E-state index is 0.192. The second-order valence-corrected chi connectivity index (χ2v) is 6.77. The van der Waals surface area contributed by atoms with E-state index in [1.165, 1.54) is 0 Å². The van der Waals surface area contributed by atoms with E-state index in [0.717, 1.165) is 9.86 Å². The number of hydrogen-bond acceptors (Lipinski definition) is 3. The number of anilines is 1. The van der Waals surface area contributed by atoms with Crippen molar-refractivity contribution >= 4 is 44.6 Å². The summed E-state index contributed by atoms with van der Waals surface area (Å²) in [6, 6.07) is 5.44. The molecular weight excluding hydrogens is 352 g/mol. The highest BCUT2D eigenvalue weighted by Gasteiger charge is 2.18. The SMILES string of the molecule is CC(C)(C)OC(=O)Nc1cn(CC(=O)O)c2cc(Br)ccc12. The van der Waals surface area contributed by atoms with Crippen LogP contribution in [0.25, 0.3) is 10.9 Å². The Kier molecular flexibility index (Phi) is 4.46. The minimum atomic E-state index is -0.958. The number of fused-ring (bicyclic) bond motifs is 1. The molecule has 6 nitrogen and oxygen atoms in total. The van der Waals surface area contributed by atoms with Crippen molar-refractivity contribution in [2.75, 3.05) is 5.32 Å². The molecule has 0 unspecified atom stereocenters. The number of rotatable bonds is 3. The number of carboxylic acids is 1. The summed E-state index contributed by atoms with van der Waals surface area (Å²) in [7, 11) is 0. The standard InChI is InChI=1S/C15H17BrN2O4/c1-15(2,3)22-14(21)17-11-7-18(8-13(19)20)12-6-9(16)4-5-10(11)12/h4-7H,8H2,1-3H3,(H,17,21)(H,19,20). The summed E-state index contributed by atoms with van der Waals surface area (Å²) < 4.78 is 7.61. The molecule has 22 heavy (non-hydrogen) atoms. The summed E-state index contributed by atoms with van der Waals surface area (Å²) in [6.45, 7) is 5.13. The molecule has 0 fully saturated rings. The monoisotopic (exact) mass is 368 g/mol. The van der Waals surface area contributed by atoms with Crippen LogP contribution in [0.2, 0.25) is 0 Å². The predicted molar refractivity (Wildman–Crippen MR) is 87.1 cm³/mol. The topological polar surface area (TPSA) is 80.6 Å². The zero-order valence-electron chi connectivity index (χ0n) is 12.5. The number of amides is 1. The molecule has 0 aliphatic rings. The smallest absolute Gasteiger partial charge is 0.412 e. The molecule has 0 aliphatic heterocycles. The second-order valence-electron chi connectivity index (χ2n) is 5.85. The van der Waals surface area contributed by atoms with E-state index in [1.54, 1.807) is 37.6 Å². The highest BCUT2D eigenvalue weighted by atomic mass is 79.9. The van der Waals surface area contributed by atoms with Crippen molar-refractivity contribution in [3.8, 4) is 0 Å². The van der Waals surface area contributed by atoms with E-state index < -0.39 is 17.7 Å². The van der Waals surface area contributed by atoms with Crippen molar-refractivity contribution < 1.29 is 19.4 Å². The van der Waals surface area contributed by atoms with Crippen LogP contribution in [0.5, 0.6) is 0 Å². The number of benzene rings is 1. The molecule has 0 spiro atoms. The van der Waals surface area contributed by atoms with Gasteiger partial charge in [-0.2, -0.15) is 0 Å². The molecular formula is C15H17BrN2O4. The molecule has 2 N–H and O–H groups in total. The van der Waals surface area contributed by atoms with Crippen molar-refractivity contribution in [1.82, 2.24) is 4.57 Å². The number of nitrogens with one attached hydrogen (secondary N) is 1. The molecule has 0 saturated carbocycles. The third kappa shape index (κ3) is 4.00. The average Bonchev–Trinajstić information content (AvgIpc) is 2.63. The molecule has 0 bridgehead atoms. The van der Waals surface area contributed by atoms with Gasteiger partial charge in [0.1, 0.15) is 12.1 Å². The van der Waals surface area contributed by atoms with Gasteiger partial charge >= 0.3 is 12.1 Å². The van der Waals surface area contributed by atoms with Crippen LogP contribution in [0, 0.1) is 0 Å². The Bertz CT molecular complexity index is 731. The Labute approximate surface area is 136 Å². The van der Waals surface area contributed by atoms with Crippen molar-refractivity contribution in [2.24, 2.45) is 0 Å². The first-order valence-electron chi connectivity index (χ1n) is 6.66. The first-order chi connectivity index (χ1) is 10.2. The van der Waals surface area contributed by atoms with Crippen molar-refractivity contribution in [3.05, 3.63) is 28.9 Å². The van der Waals surface area contributed by atoms with Gasteiger partial charge in [0.15, 0.2) is 0 Å². The van der Waals surface area contributed by atoms with Gasteiger partial charge in [-0.05, 0) is 39.0 Å². The zero-order chi connectivity index (χ0) is 16.5. The number of ether oxygens (including phenoxy) is 1. The van der Waals surface area contributed by atoms with E-state index in [1.807, 2.05) is 12.1 Å². The summed E-state index contributed by atoms with van der Waals surface area (Å²) in [6.07, 6.45) is 1.01. The maximum absolute atomic E-state index is 11.9. The molecule has 2 rings (SSSR count). The van der Waals surface area contributed by atoms with Gasteiger partial charge in [-0.15, -0.1) is 0 Å². The molecule has 7 heteroatoms. The maximum Gasteiger partial charge on any atom is 0.412 e. The Hall–Kier alpha value is -2.02.